The Bertz CT molecular complexity index is 787. The standard InChI is InChI=1S/C24H28Si/c1-24(2,3)21-17-16-20(23(21)25(4)5)22(18-12-8-6-9-13-18)19-14-10-7-11-15-19/h6-17,25H,1-5H3. The molecule has 0 fully saturated rings. The van der Waals surface area contributed by atoms with Gasteiger partial charge in [-0.2, -0.15) is 0 Å². The lowest BCUT2D eigenvalue weighted by atomic mass is 9.86. The van der Waals surface area contributed by atoms with Gasteiger partial charge in [0.25, 0.3) is 0 Å². The molecule has 1 aliphatic rings. The van der Waals surface area contributed by atoms with Gasteiger partial charge in [0.05, 0.1) is 8.80 Å². The fraction of sp³-hybridized carbons (Fsp3) is 0.250. The van der Waals surface area contributed by atoms with Crippen molar-refractivity contribution in [3.63, 3.8) is 0 Å². The fourth-order valence-corrected chi connectivity index (χ4v) is 5.69. The van der Waals surface area contributed by atoms with Crippen molar-refractivity contribution in [1.29, 1.82) is 0 Å². The summed E-state index contributed by atoms with van der Waals surface area (Å²) >= 11 is 0. The van der Waals surface area contributed by atoms with E-state index in [-0.39, 0.29) is 5.41 Å². The predicted molar refractivity (Wildman–Crippen MR) is 113 cm³/mol. The average molecular weight is 345 g/mol. The van der Waals surface area contributed by atoms with Gasteiger partial charge in [0.2, 0.25) is 0 Å². The van der Waals surface area contributed by atoms with Crippen molar-refractivity contribution in [2.45, 2.75) is 33.9 Å². The first kappa shape index (κ1) is 17.7. The van der Waals surface area contributed by atoms with Crippen molar-refractivity contribution < 1.29 is 0 Å². The lowest BCUT2D eigenvalue weighted by molar-refractivity contribution is 0.517. The second-order valence-corrected chi connectivity index (χ2v) is 11.0. The SMILES string of the molecule is C[SiH](C)C1=C(C(C)(C)C)C=CC1=C(c1ccccc1)c1ccccc1. The highest BCUT2D eigenvalue weighted by molar-refractivity contribution is 6.66. The number of hydrogen-bond acceptors (Lipinski definition) is 0. The third kappa shape index (κ3) is 3.62. The van der Waals surface area contributed by atoms with Crippen LogP contribution in [-0.4, -0.2) is 8.80 Å². The maximum atomic E-state index is 2.45. The summed E-state index contributed by atoms with van der Waals surface area (Å²) in [4.78, 5) is 0. The summed E-state index contributed by atoms with van der Waals surface area (Å²) < 4.78 is 0. The van der Waals surface area contributed by atoms with Crippen molar-refractivity contribution in [2.24, 2.45) is 5.41 Å². The Morgan fingerprint density at radius 3 is 1.60 bits per heavy atom. The summed E-state index contributed by atoms with van der Waals surface area (Å²) in [6.07, 6.45) is 4.72. The molecule has 25 heavy (non-hydrogen) atoms. The van der Waals surface area contributed by atoms with Crippen molar-refractivity contribution >= 4 is 14.4 Å². The molecule has 0 saturated heterocycles. The lowest BCUT2D eigenvalue weighted by Crippen LogP contribution is -2.16. The second-order valence-electron chi connectivity index (χ2n) is 8.09. The van der Waals surface area contributed by atoms with Crippen LogP contribution in [0.25, 0.3) is 5.57 Å². The summed E-state index contributed by atoms with van der Waals surface area (Å²) in [5.41, 5.74) is 7.11. The van der Waals surface area contributed by atoms with Crippen LogP contribution in [0, 0.1) is 5.41 Å². The molecule has 0 N–H and O–H groups in total. The van der Waals surface area contributed by atoms with Gasteiger partial charge in [-0.25, -0.2) is 0 Å². The van der Waals surface area contributed by atoms with E-state index in [9.17, 15) is 0 Å². The minimum atomic E-state index is -0.982. The molecule has 0 aliphatic heterocycles. The Morgan fingerprint density at radius 1 is 0.720 bits per heavy atom. The summed E-state index contributed by atoms with van der Waals surface area (Å²) in [5, 5.41) is 1.62. The zero-order valence-electron chi connectivity index (χ0n) is 16.0. The molecule has 128 valence electrons. The molecule has 0 radical (unpaired) electrons. The molecule has 0 spiro atoms. The molecule has 3 rings (SSSR count). The van der Waals surface area contributed by atoms with Gasteiger partial charge >= 0.3 is 0 Å². The normalized spacial score (nSPS) is 14.6. The average Bonchev–Trinajstić information content (AvgIpc) is 3.02. The van der Waals surface area contributed by atoms with Gasteiger partial charge in [-0.05, 0) is 33.3 Å². The summed E-state index contributed by atoms with van der Waals surface area (Å²) in [6.45, 7) is 11.9. The highest BCUT2D eigenvalue weighted by Gasteiger charge is 2.28. The Labute approximate surface area is 154 Å². The van der Waals surface area contributed by atoms with E-state index in [0.29, 0.717) is 0 Å². The Kier molecular flexibility index (Phi) is 4.96. The van der Waals surface area contributed by atoms with Crippen LogP contribution in [0.4, 0.5) is 0 Å². The van der Waals surface area contributed by atoms with E-state index in [1.54, 1.807) is 5.20 Å². The second kappa shape index (κ2) is 7.01. The molecular formula is C24H28Si. The predicted octanol–water partition coefficient (Wildman–Crippen LogP) is 6.43. The van der Waals surface area contributed by atoms with Crippen LogP contribution < -0.4 is 0 Å². The van der Waals surface area contributed by atoms with E-state index in [2.05, 4.69) is 107 Å². The van der Waals surface area contributed by atoms with Crippen molar-refractivity contribution in [3.05, 3.63) is 100 Å². The zero-order chi connectivity index (χ0) is 18.0. The van der Waals surface area contributed by atoms with Crippen LogP contribution in [0.1, 0.15) is 31.9 Å². The molecule has 1 aliphatic carbocycles. The third-order valence-corrected chi connectivity index (χ3v) is 6.55. The van der Waals surface area contributed by atoms with E-state index < -0.39 is 8.80 Å². The number of allylic oxidation sites excluding steroid dienone is 5. The monoisotopic (exact) mass is 344 g/mol. The van der Waals surface area contributed by atoms with E-state index in [1.807, 2.05) is 0 Å². The van der Waals surface area contributed by atoms with E-state index >= 15 is 0 Å². The molecule has 2 aromatic rings. The maximum absolute atomic E-state index is 2.45. The van der Waals surface area contributed by atoms with Gasteiger partial charge in [-0.1, -0.05) is 112 Å². The lowest BCUT2D eigenvalue weighted by Gasteiger charge is -2.25. The summed E-state index contributed by atoms with van der Waals surface area (Å²) in [6, 6.07) is 21.7. The van der Waals surface area contributed by atoms with Crippen molar-refractivity contribution in [3.8, 4) is 0 Å². The van der Waals surface area contributed by atoms with Gasteiger partial charge in [0.1, 0.15) is 0 Å². The minimum absolute atomic E-state index is 0.184. The number of rotatable bonds is 3. The first-order chi connectivity index (χ1) is 11.9. The molecule has 2 aromatic carbocycles. The first-order valence-electron chi connectivity index (χ1n) is 9.18. The Hall–Kier alpha value is -2.12. The largest absolute Gasteiger partial charge is 0.0682 e. The highest BCUT2D eigenvalue weighted by Crippen LogP contribution is 2.42. The van der Waals surface area contributed by atoms with Crippen LogP contribution >= 0.6 is 0 Å². The molecule has 0 unspecified atom stereocenters. The molecule has 0 heterocycles. The van der Waals surface area contributed by atoms with Gasteiger partial charge in [-0.15, -0.1) is 0 Å². The molecule has 0 nitrogen and oxygen atoms in total. The van der Waals surface area contributed by atoms with Crippen LogP contribution in [0.15, 0.2) is 89.2 Å². The maximum Gasteiger partial charge on any atom is 0.0659 e. The third-order valence-electron chi connectivity index (χ3n) is 4.78. The quantitative estimate of drug-likeness (QED) is 0.563. The van der Waals surface area contributed by atoms with Gasteiger partial charge < -0.3 is 0 Å². The molecule has 0 aromatic heterocycles. The molecular weight excluding hydrogens is 316 g/mol. The van der Waals surface area contributed by atoms with Crippen LogP contribution in [0.2, 0.25) is 13.1 Å². The van der Waals surface area contributed by atoms with Crippen molar-refractivity contribution in [2.75, 3.05) is 0 Å². The molecule has 1 heteroatoms. The van der Waals surface area contributed by atoms with Gasteiger partial charge in [0.15, 0.2) is 0 Å². The molecule has 0 amide bonds. The van der Waals surface area contributed by atoms with Gasteiger partial charge in [-0.3, -0.25) is 0 Å². The molecule has 0 atom stereocenters. The summed E-state index contributed by atoms with van der Waals surface area (Å²) in [5.74, 6) is 0. The van der Waals surface area contributed by atoms with Crippen LogP contribution in [0.5, 0.6) is 0 Å². The molecule has 0 saturated carbocycles. The van der Waals surface area contributed by atoms with E-state index in [1.165, 1.54) is 27.8 Å². The Morgan fingerprint density at radius 2 is 1.20 bits per heavy atom. The smallest absolute Gasteiger partial charge is 0.0659 e. The highest BCUT2D eigenvalue weighted by atomic mass is 28.3. The zero-order valence-corrected chi connectivity index (χ0v) is 17.2. The number of benzene rings is 2. The summed E-state index contributed by atoms with van der Waals surface area (Å²) in [7, 11) is -0.982. The molecule has 0 bridgehead atoms. The first-order valence-corrected chi connectivity index (χ1v) is 12.1. The topological polar surface area (TPSA) is 0 Å². The Balaban J connectivity index is 2.32. The van der Waals surface area contributed by atoms with Crippen LogP contribution in [-0.2, 0) is 0 Å². The number of hydrogen-bond donors (Lipinski definition) is 0. The minimum Gasteiger partial charge on any atom is -0.0682 e. The van der Waals surface area contributed by atoms with Gasteiger partial charge in [0, 0.05) is 0 Å². The fourth-order valence-electron chi connectivity index (χ4n) is 3.67. The van der Waals surface area contributed by atoms with Crippen LogP contribution in [0.3, 0.4) is 0 Å². The van der Waals surface area contributed by atoms with E-state index in [4.69, 9.17) is 0 Å². The van der Waals surface area contributed by atoms with Crippen molar-refractivity contribution in [1.82, 2.24) is 0 Å². The van der Waals surface area contributed by atoms with E-state index in [0.717, 1.165) is 0 Å².